The molecule has 0 aliphatic rings. The topological polar surface area (TPSA) is 55.0 Å². The van der Waals surface area contributed by atoms with Crippen LogP contribution in [0.25, 0.3) is 16.7 Å². The molecule has 1 aromatic carbocycles. The van der Waals surface area contributed by atoms with Gasteiger partial charge in [-0.15, -0.1) is 11.3 Å². The minimum atomic E-state index is -0.0648. The summed E-state index contributed by atoms with van der Waals surface area (Å²) in [4.78, 5) is 20.5. The molecule has 0 aliphatic heterocycles. The summed E-state index contributed by atoms with van der Waals surface area (Å²) in [6, 6.07) is 5.75. The summed E-state index contributed by atoms with van der Waals surface area (Å²) < 4.78 is 5.16. The number of methoxy groups -OCH3 is 1. The van der Waals surface area contributed by atoms with Crippen LogP contribution in [0.2, 0.25) is 0 Å². The molecule has 0 bridgehead atoms. The van der Waals surface area contributed by atoms with Gasteiger partial charge in [-0.05, 0) is 6.07 Å². The first-order chi connectivity index (χ1) is 11.3. The van der Waals surface area contributed by atoms with Gasteiger partial charge in [0.1, 0.15) is 5.76 Å². The Labute approximate surface area is 145 Å². The number of carbonyl (C=O) groups excluding carboxylic acids is 1. The van der Waals surface area contributed by atoms with Crippen LogP contribution in [0.5, 0.6) is 0 Å². The molecule has 0 saturated heterocycles. The normalized spacial score (nSPS) is 11.7. The van der Waals surface area contributed by atoms with Crippen molar-refractivity contribution in [3.05, 3.63) is 58.2 Å². The number of ketones is 1. The van der Waals surface area contributed by atoms with Crippen LogP contribution in [-0.2, 0) is 10.2 Å². The number of aromatic amines is 1. The van der Waals surface area contributed by atoms with Gasteiger partial charge in [0.15, 0.2) is 5.01 Å². The minimum absolute atomic E-state index is 0.0555. The lowest BCUT2D eigenvalue weighted by molar-refractivity contribution is 0.103. The number of benzene rings is 1. The monoisotopic (exact) mass is 340 g/mol. The summed E-state index contributed by atoms with van der Waals surface area (Å²) in [5.41, 5.74) is 3.27. The molecule has 0 spiro atoms. The quantitative estimate of drug-likeness (QED) is 0.550. The molecule has 24 heavy (non-hydrogen) atoms. The van der Waals surface area contributed by atoms with Gasteiger partial charge in [-0.1, -0.05) is 39.5 Å². The SMILES string of the molecule is C=C(OC)c1ccc2c(C(=O)c3nc(C(C)(C)C)cs3)c[nH]c2c1. The van der Waals surface area contributed by atoms with E-state index in [1.807, 2.05) is 23.6 Å². The molecule has 2 heterocycles. The highest BCUT2D eigenvalue weighted by atomic mass is 32.1. The molecule has 4 nitrogen and oxygen atoms in total. The number of carbonyl (C=O) groups is 1. The van der Waals surface area contributed by atoms with Crippen LogP contribution >= 0.6 is 11.3 Å². The standard InChI is InChI=1S/C19H20N2O2S/c1-11(23-5)12-6-7-13-14(9-20-15(13)8-12)17(22)18-21-16(10-24-18)19(2,3)4/h6-10,20H,1H2,2-5H3. The second kappa shape index (κ2) is 5.91. The van der Waals surface area contributed by atoms with Crippen LogP contribution in [-0.4, -0.2) is 22.9 Å². The maximum atomic E-state index is 12.8. The van der Waals surface area contributed by atoms with E-state index in [-0.39, 0.29) is 11.2 Å². The first kappa shape index (κ1) is 16.5. The molecule has 124 valence electrons. The van der Waals surface area contributed by atoms with E-state index in [0.717, 1.165) is 22.2 Å². The Morgan fingerprint density at radius 3 is 2.71 bits per heavy atom. The van der Waals surface area contributed by atoms with Crippen molar-refractivity contribution in [2.24, 2.45) is 0 Å². The number of nitrogens with zero attached hydrogens (tertiary/aromatic N) is 1. The fourth-order valence-corrected chi connectivity index (χ4v) is 3.44. The molecule has 0 unspecified atom stereocenters. The predicted molar refractivity (Wildman–Crippen MR) is 98.6 cm³/mol. The second-order valence-electron chi connectivity index (χ2n) is 6.71. The van der Waals surface area contributed by atoms with Crippen molar-refractivity contribution in [2.45, 2.75) is 26.2 Å². The number of nitrogens with one attached hydrogen (secondary N) is 1. The third-order valence-electron chi connectivity index (χ3n) is 3.96. The molecular formula is C19H20N2O2S. The van der Waals surface area contributed by atoms with Gasteiger partial charge in [-0.3, -0.25) is 4.79 Å². The molecule has 1 N–H and O–H groups in total. The van der Waals surface area contributed by atoms with Crippen LogP contribution in [0.4, 0.5) is 0 Å². The molecule has 0 saturated carbocycles. The lowest BCUT2D eigenvalue weighted by Crippen LogP contribution is -2.12. The van der Waals surface area contributed by atoms with Crippen molar-refractivity contribution in [1.82, 2.24) is 9.97 Å². The Morgan fingerprint density at radius 1 is 1.33 bits per heavy atom. The zero-order chi connectivity index (χ0) is 17.5. The van der Waals surface area contributed by atoms with Crippen molar-refractivity contribution in [3.63, 3.8) is 0 Å². The van der Waals surface area contributed by atoms with Crippen molar-refractivity contribution in [1.29, 1.82) is 0 Å². The van der Waals surface area contributed by atoms with Gasteiger partial charge >= 0.3 is 0 Å². The average Bonchev–Trinajstić information content (AvgIpc) is 3.19. The highest BCUT2D eigenvalue weighted by molar-refractivity contribution is 7.12. The summed E-state index contributed by atoms with van der Waals surface area (Å²) in [7, 11) is 1.59. The molecule has 0 amide bonds. The second-order valence-corrected chi connectivity index (χ2v) is 7.57. The van der Waals surface area contributed by atoms with Gasteiger partial charge in [0.25, 0.3) is 0 Å². The van der Waals surface area contributed by atoms with E-state index in [1.165, 1.54) is 11.3 Å². The summed E-state index contributed by atoms with van der Waals surface area (Å²) in [5, 5.41) is 3.36. The van der Waals surface area contributed by atoms with Gasteiger partial charge in [-0.2, -0.15) is 0 Å². The van der Waals surface area contributed by atoms with Crippen molar-refractivity contribution in [2.75, 3.05) is 7.11 Å². The number of rotatable bonds is 4. The van der Waals surface area contributed by atoms with Crippen molar-refractivity contribution >= 4 is 33.8 Å². The zero-order valence-corrected chi connectivity index (χ0v) is 15.1. The fraction of sp³-hybridized carbons (Fsp3) is 0.263. The summed E-state index contributed by atoms with van der Waals surface area (Å²) >= 11 is 1.39. The van der Waals surface area contributed by atoms with Gasteiger partial charge in [0.05, 0.1) is 18.4 Å². The minimum Gasteiger partial charge on any atom is -0.497 e. The molecule has 0 radical (unpaired) electrons. The van der Waals surface area contributed by atoms with Crippen LogP contribution in [0.3, 0.4) is 0 Å². The Bertz CT molecular complexity index is 928. The molecule has 3 aromatic rings. The van der Waals surface area contributed by atoms with E-state index in [4.69, 9.17) is 4.74 Å². The van der Waals surface area contributed by atoms with Crippen LogP contribution in [0.15, 0.2) is 36.4 Å². The number of fused-ring (bicyclic) bond motifs is 1. The van der Waals surface area contributed by atoms with Gasteiger partial charge in [0.2, 0.25) is 5.78 Å². The Kier molecular flexibility index (Phi) is 4.05. The summed E-state index contributed by atoms with van der Waals surface area (Å²) in [6.07, 6.45) is 1.74. The van der Waals surface area contributed by atoms with Crippen LogP contribution < -0.4 is 0 Å². The summed E-state index contributed by atoms with van der Waals surface area (Å²) in [6.45, 7) is 10.1. The van der Waals surface area contributed by atoms with Crippen molar-refractivity contribution in [3.8, 4) is 0 Å². The molecule has 0 fully saturated rings. The fourth-order valence-electron chi connectivity index (χ4n) is 2.44. The van der Waals surface area contributed by atoms with Gasteiger partial charge < -0.3 is 9.72 Å². The number of hydrogen-bond acceptors (Lipinski definition) is 4. The van der Waals surface area contributed by atoms with Gasteiger partial charge in [-0.25, -0.2) is 4.98 Å². The Balaban J connectivity index is 1.99. The smallest absolute Gasteiger partial charge is 0.223 e. The van der Waals surface area contributed by atoms with Gasteiger partial charge in [0, 0.05) is 33.5 Å². The van der Waals surface area contributed by atoms with E-state index in [9.17, 15) is 4.79 Å². The Morgan fingerprint density at radius 2 is 2.08 bits per heavy atom. The molecular weight excluding hydrogens is 320 g/mol. The third-order valence-corrected chi connectivity index (χ3v) is 4.80. The lowest BCUT2D eigenvalue weighted by Gasteiger charge is -2.14. The van der Waals surface area contributed by atoms with E-state index < -0.39 is 0 Å². The zero-order valence-electron chi connectivity index (χ0n) is 14.3. The first-order valence-electron chi connectivity index (χ1n) is 7.66. The van der Waals surface area contributed by atoms with E-state index in [0.29, 0.717) is 16.3 Å². The highest BCUT2D eigenvalue weighted by Gasteiger charge is 2.22. The number of H-pyrrole nitrogens is 1. The number of thiazole rings is 1. The van der Waals surface area contributed by atoms with Crippen molar-refractivity contribution < 1.29 is 9.53 Å². The van der Waals surface area contributed by atoms with E-state index in [2.05, 4.69) is 37.3 Å². The number of ether oxygens (including phenoxy) is 1. The summed E-state index contributed by atoms with van der Waals surface area (Å²) in [5.74, 6) is 0.536. The van der Waals surface area contributed by atoms with Crippen LogP contribution in [0.1, 0.15) is 47.4 Å². The molecule has 5 heteroatoms. The molecule has 0 aliphatic carbocycles. The van der Waals surface area contributed by atoms with E-state index in [1.54, 1.807) is 13.3 Å². The largest absolute Gasteiger partial charge is 0.497 e. The number of hydrogen-bond donors (Lipinski definition) is 1. The highest BCUT2D eigenvalue weighted by Crippen LogP contribution is 2.28. The maximum Gasteiger partial charge on any atom is 0.223 e. The predicted octanol–water partition coefficient (Wildman–Crippen LogP) is 4.77. The van der Waals surface area contributed by atoms with E-state index >= 15 is 0 Å². The average molecular weight is 340 g/mol. The van der Waals surface area contributed by atoms with Crippen LogP contribution in [0, 0.1) is 0 Å². The third kappa shape index (κ3) is 2.87. The Hall–Kier alpha value is -2.40. The number of aromatic nitrogens is 2. The maximum absolute atomic E-state index is 12.8. The molecule has 0 atom stereocenters. The first-order valence-corrected chi connectivity index (χ1v) is 8.54. The molecule has 2 aromatic heterocycles. The lowest BCUT2D eigenvalue weighted by atomic mass is 9.93. The molecule has 3 rings (SSSR count).